The van der Waals surface area contributed by atoms with E-state index in [0.29, 0.717) is 5.25 Å². The highest BCUT2D eigenvalue weighted by molar-refractivity contribution is 7.99. The molecule has 0 aliphatic rings. The Morgan fingerprint density at radius 1 is 1.35 bits per heavy atom. The van der Waals surface area contributed by atoms with Gasteiger partial charge in [-0.3, -0.25) is 0 Å². The van der Waals surface area contributed by atoms with Gasteiger partial charge < -0.3 is 4.57 Å². The number of para-hydroxylation sites is 1. The van der Waals surface area contributed by atoms with Crippen molar-refractivity contribution in [1.82, 2.24) is 4.57 Å². The molecule has 0 aliphatic heterocycles. The van der Waals surface area contributed by atoms with Gasteiger partial charge in [0.1, 0.15) is 5.82 Å². The molecule has 0 saturated heterocycles. The van der Waals surface area contributed by atoms with Crippen molar-refractivity contribution < 1.29 is 4.39 Å². The highest BCUT2D eigenvalue weighted by Gasteiger charge is 2.11. The average molecular weight is 251 g/mol. The maximum atomic E-state index is 13.8. The average Bonchev–Trinajstić information content (AvgIpc) is 2.65. The predicted octanol–water partition coefficient (Wildman–Crippen LogP) is 4.44. The number of hydrogen-bond donors (Lipinski definition) is 0. The third-order valence-electron chi connectivity index (χ3n) is 2.84. The molecule has 0 aliphatic carbocycles. The van der Waals surface area contributed by atoms with Gasteiger partial charge in [-0.1, -0.05) is 26.0 Å². The van der Waals surface area contributed by atoms with Gasteiger partial charge in [0.05, 0.1) is 5.52 Å². The fraction of sp³-hybridized carbons (Fsp3) is 0.429. The van der Waals surface area contributed by atoms with Gasteiger partial charge in [-0.25, -0.2) is 4.39 Å². The number of halogens is 1. The van der Waals surface area contributed by atoms with E-state index in [4.69, 9.17) is 0 Å². The zero-order chi connectivity index (χ0) is 12.4. The van der Waals surface area contributed by atoms with Crippen LogP contribution in [0.15, 0.2) is 24.3 Å². The van der Waals surface area contributed by atoms with Gasteiger partial charge in [0.2, 0.25) is 0 Å². The molecule has 17 heavy (non-hydrogen) atoms. The molecule has 1 aromatic heterocycles. The van der Waals surface area contributed by atoms with E-state index in [1.54, 1.807) is 6.07 Å². The molecule has 1 aromatic carbocycles. The maximum absolute atomic E-state index is 13.8. The van der Waals surface area contributed by atoms with E-state index in [-0.39, 0.29) is 5.82 Å². The van der Waals surface area contributed by atoms with Crippen LogP contribution in [-0.4, -0.2) is 9.82 Å². The van der Waals surface area contributed by atoms with Crippen molar-refractivity contribution in [2.24, 2.45) is 0 Å². The molecule has 0 atom stereocenters. The Balaban J connectivity index is 2.45. The summed E-state index contributed by atoms with van der Waals surface area (Å²) in [5, 5.41) is 1.61. The second-order valence-electron chi connectivity index (χ2n) is 4.42. The first-order chi connectivity index (χ1) is 8.13. The molecule has 0 spiro atoms. The number of benzene rings is 1. The minimum absolute atomic E-state index is 0.120. The van der Waals surface area contributed by atoms with Crippen LogP contribution in [0, 0.1) is 5.82 Å². The number of thioether (sulfide) groups is 1. The van der Waals surface area contributed by atoms with Crippen LogP contribution in [0.3, 0.4) is 0 Å². The lowest BCUT2D eigenvalue weighted by molar-refractivity contribution is 0.624. The maximum Gasteiger partial charge on any atom is 0.147 e. The van der Waals surface area contributed by atoms with Gasteiger partial charge in [-0.15, -0.1) is 0 Å². The van der Waals surface area contributed by atoms with Crippen LogP contribution in [0.5, 0.6) is 0 Å². The quantitative estimate of drug-likeness (QED) is 0.777. The van der Waals surface area contributed by atoms with Crippen molar-refractivity contribution in [3.05, 3.63) is 35.8 Å². The molecule has 0 saturated carbocycles. The lowest BCUT2D eigenvalue weighted by Crippen LogP contribution is -2.01. The van der Waals surface area contributed by atoms with Crippen LogP contribution >= 0.6 is 11.8 Å². The Labute approximate surface area is 106 Å². The minimum atomic E-state index is -0.120. The first-order valence-electron chi connectivity index (χ1n) is 6.01. The van der Waals surface area contributed by atoms with Crippen molar-refractivity contribution in [1.29, 1.82) is 0 Å². The molecule has 92 valence electrons. The van der Waals surface area contributed by atoms with E-state index < -0.39 is 0 Å². The normalized spacial score (nSPS) is 11.6. The van der Waals surface area contributed by atoms with Crippen molar-refractivity contribution >= 4 is 22.7 Å². The summed E-state index contributed by atoms with van der Waals surface area (Å²) >= 11 is 1.89. The fourth-order valence-corrected chi connectivity index (χ4v) is 2.81. The topological polar surface area (TPSA) is 4.93 Å². The Kier molecular flexibility index (Phi) is 3.77. The Morgan fingerprint density at radius 2 is 2.12 bits per heavy atom. The summed E-state index contributed by atoms with van der Waals surface area (Å²) in [7, 11) is 0. The minimum Gasteiger partial charge on any atom is -0.342 e. The van der Waals surface area contributed by atoms with E-state index >= 15 is 0 Å². The number of nitrogens with zero attached hydrogens (tertiary/aromatic N) is 1. The number of fused-ring (bicyclic) bond motifs is 1. The van der Waals surface area contributed by atoms with Crippen molar-refractivity contribution in [2.45, 2.75) is 38.3 Å². The van der Waals surface area contributed by atoms with Crippen molar-refractivity contribution in [2.75, 3.05) is 0 Å². The number of aryl methyl sites for hydroxylation is 1. The summed E-state index contributed by atoms with van der Waals surface area (Å²) in [6.45, 7) is 7.25. The van der Waals surface area contributed by atoms with E-state index in [1.165, 1.54) is 11.8 Å². The molecular formula is C14H18FNS. The molecule has 0 N–H and O–H groups in total. The zero-order valence-corrected chi connectivity index (χ0v) is 11.4. The van der Waals surface area contributed by atoms with Gasteiger partial charge in [0, 0.05) is 23.4 Å². The second kappa shape index (κ2) is 5.13. The Morgan fingerprint density at radius 3 is 2.76 bits per heavy atom. The fourth-order valence-electron chi connectivity index (χ4n) is 2.07. The molecule has 2 aromatic rings. The summed E-state index contributed by atoms with van der Waals surface area (Å²) in [4.78, 5) is 0. The summed E-state index contributed by atoms with van der Waals surface area (Å²) in [6.07, 6.45) is 0. The van der Waals surface area contributed by atoms with E-state index in [9.17, 15) is 4.39 Å². The smallest absolute Gasteiger partial charge is 0.147 e. The predicted molar refractivity (Wildman–Crippen MR) is 74.0 cm³/mol. The van der Waals surface area contributed by atoms with Gasteiger partial charge >= 0.3 is 0 Å². The molecule has 0 amide bonds. The SMILES string of the molecule is CCn1c(CSC(C)C)cc2cccc(F)c21. The lowest BCUT2D eigenvalue weighted by Gasteiger charge is -2.09. The largest absolute Gasteiger partial charge is 0.342 e. The van der Waals surface area contributed by atoms with Crippen molar-refractivity contribution in [3.8, 4) is 0 Å². The number of hydrogen-bond acceptors (Lipinski definition) is 1. The molecule has 0 bridgehead atoms. The monoisotopic (exact) mass is 251 g/mol. The van der Waals surface area contributed by atoms with Gasteiger partial charge in [0.25, 0.3) is 0 Å². The van der Waals surface area contributed by atoms with Crippen LogP contribution in [0.2, 0.25) is 0 Å². The van der Waals surface area contributed by atoms with E-state index in [1.807, 2.05) is 17.8 Å². The molecule has 0 radical (unpaired) electrons. The Hall–Kier alpha value is -0.960. The second-order valence-corrected chi connectivity index (χ2v) is 5.98. The molecular weight excluding hydrogens is 233 g/mol. The van der Waals surface area contributed by atoms with Gasteiger partial charge in [-0.2, -0.15) is 11.8 Å². The van der Waals surface area contributed by atoms with Gasteiger partial charge in [-0.05, 0) is 24.3 Å². The van der Waals surface area contributed by atoms with E-state index in [2.05, 4.69) is 31.4 Å². The zero-order valence-electron chi connectivity index (χ0n) is 10.5. The summed E-state index contributed by atoms with van der Waals surface area (Å²) in [6, 6.07) is 7.40. The highest BCUT2D eigenvalue weighted by Crippen LogP contribution is 2.26. The standard InChI is InChI=1S/C14H18FNS/c1-4-16-12(9-17-10(2)3)8-11-6-5-7-13(15)14(11)16/h5-8,10H,4,9H2,1-3H3. The molecule has 1 heterocycles. The summed E-state index contributed by atoms with van der Waals surface area (Å²) in [5.41, 5.74) is 1.96. The molecule has 0 unspecified atom stereocenters. The third kappa shape index (κ3) is 2.49. The van der Waals surface area contributed by atoms with Crippen molar-refractivity contribution in [3.63, 3.8) is 0 Å². The third-order valence-corrected chi connectivity index (χ3v) is 3.97. The molecule has 2 rings (SSSR count). The van der Waals surface area contributed by atoms with Crippen LogP contribution < -0.4 is 0 Å². The van der Waals surface area contributed by atoms with Crippen LogP contribution in [0.25, 0.3) is 10.9 Å². The molecule has 0 fully saturated rings. The molecule has 3 heteroatoms. The lowest BCUT2D eigenvalue weighted by atomic mass is 10.2. The highest BCUT2D eigenvalue weighted by atomic mass is 32.2. The number of aromatic nitrogens is 1. The Bertz CT molecular complexity index is 516. The van der Waals surface area contributed by atoms with Crippen LogP contribution in [0.4, 0.5) is 4.39 Å². The number of rotatable bonds is 4. The first-order valence-corrected chi connectivity index (χ1v) is 7.06. The summed E-state index contributed by atoms with van der Waals surface area (Å²) < 4.78 is 15.9. The van der Waals surface area contributed by atoms with E-state index in [0.717, 1.165) is 23.2 Å². The summed E-state index contributed by atoms with van der Waals surface area (Å²) in [5.74, 6) is 0.824. The van der Waals surface area contributed by atoms with Crippen LogP contribution in [-0.2, 0) is 12.3 Å². The van der Waals surface area contributed by atoms with Crippen LogP contribution in [0.1, 0.15) is 26.5 Å². The molecule has 1 nitrogen and oxygen atoms in total. The van der Waals surface area contributed by atoms with Gasteiger partial charge in [0.15, 0.2) is 0 Å². The first kappa shape index (κ1) is 12.5.